The fraction of sp³-hybridized carbons (Fsp3) is 0.529. The maximum Gasteiger partial charge on any atom is 0.0483 e. The summed E-state index contributed by atoms with van der Waals surface area (Å²) >= 11 is 0. The summed E-state index contributed by atoms with van der Waals surface area (Å²) in [6.07, 6.45) is 9.07. The van der Waals surface area contributed by atoms with E-state index in [2.05, 4.69) is 40.3 Å². The summed E-state index contributed by atoms with van der Waals surface area (Å²) in [5.74, 6) is 0.900. The third-order valence-electron chi connectivity index (χ3n) is 4.43. The van der Waals surface area contributed by atoms with Crippen molar-refractivity contribution in [3.8, 4) is 0 Å². The van der Waals surface area contributed by atoms with Gasteiger partial charge in [-0.05, 0) is 61.9 Å². The normalized spacial score (nSPS) is 16.5. The Morgan fingerprint density at radius 2 is 2.05 bits per heavy atom. The van der Waals surface area contributed by atoms with Gasteiger partial charge in [0.05, 0.1) is 0 Å². The van der Waals surface area contributed by atoms with Crippen molar-refractivity contribution in [2.24, 2.45) is 5.92 Å². The summed E-state index contributed by atoms with van der Waals surface area (Å²) < 4.78 is 2.47. The van der Waals surface area contributed by atoms with E-state index in [1.165, 1.54) is 48.7 Å². The van der Waals surface area contributed by atoms with Gasteiger partial charge >= 0.3 is 0 Å². The number of hydrogen-bond acceptors (Lipinski definition) is 1. The standard InChI is InChI=1S/C17H24N2/c1-18-10-8-14-6-7-16-9-11-19(17(16)12-14)13-15-4-2-3-5-15/h6-7,9,11-12,15,18H,2-5,8,10,13H2,1H3. The Morgan fingerprint density at radius 3 is 2.84 bits per heavy atom. The molecule has 2 nitrogen and oxygen atoms in total. The summed E-state index contributed by atoms with van der Waals surface area (Å²) in [5, 5.41) is 4.61. The van der Waals surface area contributed by atoms with Gasteiger partial charge in [-0.2, -0.15) is 0 Å². The second kappa shape index (κ2) is 5.79. The second-order valence-electron chi connectivity index (χ2n) is 5.87. The van der Waals surface area contributed by atoms with Crippen molar-refractivity contribution in [1.82, 2.24) is 9.88 Å². The summed E-state index contributed by atoms with van der Waals surface area (Å²) in [5.41, 5.74) is 2.86. The predicted molar refractivity (Wildman–Crippen MR) is 81.5 cm³/mol. The van der Waals surface area contributed by atoms with Crippen LogP contribution in [-0.2, 0) is 13.0 Å². The molecule has 0 saturated heterocycles. The first kappa shape index (κ1) is 12.7. The molecule has 1 saturated carbocycles. The largest absolute Gasteiger partial charge is 0.347 e. The maximum atomic E-state index is 3.22. The summed E-state index contributed by atoms with van der Waals surface area (Å²) in [6.45, 7) is 2.26. The van der Waals surface area contributed by atoms with Gasteiger partial charge in [-0.1, -0.05) is 25.0 Å². The van der Waals surface area contributed by atoms with Crippen LogP contribution in [-0.4, -0.2) is 18.2 Å². The summed E-state index contributed by atoms with van der Waals surface area (Å²) in [6, 6.07) is 9.17. The van der Waals surface area contributed by atoms with Crippen LogP contribution in [0.4, 0.5) is 0 Å². The Hall–Kier alpha value is -1.28. The monoisotopic (exact) mass is 256 g/mol. The highest BCUT2D eigenvalue weighted by Gasteiger charge is 2.16. The molecule has 1 fully saturated rings. The molecular weight excluding hydrogens is 232 g/mol. The molecule has 2 aromatic rings. The van der Waals surface area contributed by atoms with Crippen LogP contribution in [0.1, 0.15) is 31.2 Å². The molecule has 0 spiro atoms. The van der Waals surface area contributed by atoms with E-state index < -0.39 is 0 Å². The van der Waals surface area contributed by atoms with Crippen LogP contribution in [0, 0.1) is 5.92 Å². The lowest BCUT2D eigenvalue weighted by Gasteiger charge is -2.12. The maximum absolute atomic E-state index is 3.22. The first-order chi connectivity index (χ1) is 9.36. The molecule has 1 heterocycles. The highest BCUT2D eigenvalue weighted by molar-refractivity contribution is 5.80. The molecule has 1 aromatic heterocycles. The lowest BCUT2D eigenvalue weighted by molar-refractivity contribution is 0.466. The molecule has 0 bridgehead atoms. The number of aromatic nitrogens is 1. The molecule has 19 heavy (non-hydrogen) atoms. The van der Waals surface area contributed by atoms with Crippen molar-refractivity contribution in [2.75, 3.05) is 13.6 Å². The number of hydrogen-bond donors (Lipinski definition) is 1. The zero-order chi connectivity index (χ0) is 13.1. The van der Waals surface area contributed by atoms with Crippen LogP contribution in [0.5, 0.6) is 0 Å². The van der Waals surface area contributed by atoms with Gasteiger partial charge in [0.15, 0.2) is 0 Å². The van der Waals surface area contributed by atoms with Crippen molar-refractivity contribution in [3.05, 3.63) is 36.0 Å². The van der Waals surface area contributed by atoms with Crippen molar-refractivity contribution in [2.45, 2.75) is 38.6 Å². The predicted octanol–water partition coefficient (Wildman–Crippen LogP) is 3.59. The first-order valence-electron chi connectivity index (χ1n) is 7.59. The summed E-state index contributed by atoms with van der Waals surface area (Å²) in [7, 11) is 2.02. The van der Waals surface area contributed by atoms with Crippen LogP contribution in [0.15, 0.2) is 30.5 Å². The fourth-order valence-corrected chi connectivity index (χ4v) is 3.28. The molecule has 0 aliphatic heterocycles. The van der Waals surface area contributed by atoms with E-state index in [1.807, 2.05) is 7.05 Å². The van der Waals surface area contributed by atoms with E-state index in [1.54, 1.807) is 0 Å². The smallest absolute Gasteiger partial charge is 0.0483 e. The number of nitrogens with zero attached hydrogens (tertiary/aromatic N) is 1. The molecule has 2 heteroatoms. The number of rotatable bonds is 5. The Kier molecular flexibility index (Phi) is 3.88. The van der Waals surface area contributed by atoms with Crippen LogP contribution < -0.4 is 5.32 Å². The highest BCUT2D eigenvalue weighted by atomic mass is 15.0. The van der Waals surface area contributed by atoms with Gasteiger partial charge in [-0.25, -0.2) is 0 Å². The van der Waals surface area contributed by atoms with Crippen molar-refractivity contribution in [1.29, 1.82) is 0 Å². The average molecular weight is 256 g/mol. The molecule has 1 aliphatic carbocycles. The Bertz CT molecular complexity index is 535. The van der Waals surface area contributed by atoms with Crippen molar-refractivity contribution in [3.63, 3.8) is 0 Å². The molecule has 1 aliphatic rings. The third-order valence-corrected chi connectivity index (χ3v) is 4.43. The quantitative estimate of drug-likeness (QED) is 0.865. The number of benzene rings is 1. The zero-order valence-electron chi connectivity index (χ0n) is 11.9. The highest BCUT2D eigenvalue weighted by Crippen LogP contribution is 2.28. The molecule has 3 rings (SSSR count). The lowest BCUT2D eigenvalue weighted by Crippen LogP contribution is -2.10. The van der Waals surface area contributed by atoms with Crippen molar-refractivity contribution < 1.29 is 0 Å². The summed E-state index contributed by atoms with van der Waals surface area (Å²) in [4.78, 5) is 0. The minimum atomic E-state index is 0.900. The van der Waals surface area contributed by atoms with Crippen LogP contribution >= 0.6 is 0 Å². The van der Waals surface area contributed by atoms with Gasteiger partial charge in [0.25, 0.3) is 0 Å². The van der Waals surface area contributed by atoms with E-state index >= 15 is 0 Å². The average Bonchev–Trinajstić information content (AvgIpc) is 3.07. The van der Waals surface area contributed by atoms with E-state index in [0.717, 1.165) is 18.9 Å². The third kappa shape index (κ3) is 2.84. The lowest BCUT2D eigenvalue weighted by atomic mass is 10.1. The molecule has 1 aromatic carbocycles. The number of fused-ring (bicyclic) bond motifs is 1. The van der Waals surface area contributed by atoms with E-state index in [0.29, 0.717) is 0 Å². The van der Waals surface area contributed by atoms with Crippen LogP contribution in [0.3, 0.4) is 0 Å². The minimum absolute atomic E-state index is 0.900. The van der Waals surface area contributed by atoms with E-state index in [4.69, 9.17) is 0 Å². The number of nitrogens with one attached hydrogen (secondary N) is 1. The molecule has 1 N–H and O–H groups in total. The SMILES string of the molecule is CNCCc1ccc2ccn(CC3CCCC3)c2c1. The fourth-order valence-electron chi connectivity index (χ4n) is 3.28. The van der Waals surface area contributed by atoms with Gasteiger partial charge in [0, 0.05) is 18.3 Å². The molecule has 0 amide bonds. The topological polar surface area (TPSA) is 17.0 Å². The molecule has 0 atom stereocenters. The second-order valence-corrected chi connectivity index (χ2v) is 5.87. The van der Waals surface area contributed by atoms with Crippen molar-refractivity contribution >= 4 is 10.9 Å². The van der Waals surface area contributed by atoms with Gasteiger partial charge in [-0.3, -0.25) is 0 Å². The molecule has 0 unspecified atom stereocenters. The van der Waals surface area contributed by atoms with E-state index in [-0.39, 0.29) is 0 Å². The van der Waals surface area contributed by atoms with Crippen LogP contribution in [0.2, 0.25) is 0 Å². The van der Waals surface area contributed by atoms with Gasteiger partial charge in [-0.15, -0.1) is 0 Å². The first-order valence-corrected chi connectivity index (χ1v) is 7.59. The van der Waals surface area contributed by atoms with Gasteiger partial charge in [0.1, 0.15) is 0 Å². The van der Waals surface area contributed by atoms with E-state index in [9.17, 15) is 0 Å². The number of likely N-dealkylation sites (N-methyl/N-ethyl adjacent to an activating group) is 1. The molecule has 102 valence electrons. The minimum Gasteiger partial charge on any atom is -0.347 e. The zero-order valence-corrected chi connectivity index (χ0v) is 11.9. The van der Waals surface area contributed by atoms with Gasteiger partial charge in [0.2, 0.25) is 0 Å². The Morgan fingerprint density at radius 1 is 1.21 bits per heavy atom. The van der Waals surface area contributed by atoms with Gasteiger partial charge < -0.3 is 9.88 Å². The van der Waals surface area contributed by atoms with Crippen LogP contribution in [0.25, 0.3) is 10.9 Å². The molecular formula is C17H24N2. The Labute approximate surface area is 115 Å². The Balaban J connectivity index is 1.82. The molecule has 0 radical (unpaired) electrons.